The number of rotatable bonds is 27. The van der Waals surface area contributed by atoms with Crippen molar-refractivity contribution in [2.75, 3.05) is 17.8 Å². The number of carbonyl (C=O) groups excluding carboxylic acids is 6. The second-order valence-electron chi connectivity index (χ2n) is 14.3. The number of nitrogens with one attached hydrogen (secondary N) is 7. The number of benzene rings is 1. The van der Waals surface area contributed by atoms with Gasteiger partial charge in [0.2, 0.25) is 35.4 Å². The first-order valence-corrected chi connectivity index (χ1v) is 21.3. The number of hydrogen-bond donors (Lipinski definition) is 13. The van der Waals surface area contributed by atoms with Gasteiger partial charge in [0.25, 0.3) is 0 Å². The lowest BCUT2D eigenvalue weighted by atomic mass is 9.97. The number of carbonyl (C=O) groups is 9. The smallest absolute Gasteiger partial charge is 0.326 e. The van der Waals surface area contributed by atoms with Gasteiger partial charge in [-0.2, -0.15) is 24.4 Å². The third-order valence-electron chi connectivity index (χ3n) is 9.65. The molecule has 1 aromatic heterocycles. The van der Waals surface area contributed by atoms with Gasteiger partial charge >= 0.3 is 17.9 Å². The Morgan fingerprint density at radius 3 is 1.87 bits per heavy atom. The van der Waals surface area contributed by atoms with E-state index in [4.69, 9.17) is 10.8 Å². The summed E-state index contributed by atoms with van der Waals surface area (Å²) < 4.78 is 0. The van der Waals surface area contributed by atoms with E-state index >= 15 is 0 Å². The van der Waals surface area contributed by atoms with Crippen molar-refractivity contribution in [1.82, 2.24) is 36.9 Å². The number of H-pyrrole nitrogens is 1. The molecule has 21 nitrogen and oxygen atoms in total. The molecule has 23 heteroatoms. The van der Waals surface area contributed by atoms with E-state index in [0.717, 1.165) is 17.8 Å². The number of aliphatic carboxylic acids is 3. The summed E-state index contributed by atoms with van der Waals surface area (Å²) in [6, 6.07) is -3.27. The first-order chi connectivity index (χ1) is 28.7. The molecule has 13 N–H and O–H groups in total. The van der Waals surface area contributed by atoms with Crippen molar-refractivity contribution in [1.29, 1.82) is 0 Å². The van der Waals surface area contributed by atoms with Gasteiger partial charge in [-0.15, -0.1) is 0 Å². The molecule has 0 aliphatic rings. The molecule has 0 saturated heterocycles. The molecular weight excluding hydrogens is 841 g/mol. The monoisotopic (exact) mass is 896 g/mol. The van der Waals surface area contributed by atoms with E-state index in [1.807, 2.05) is 0 Å². The number of amides is 6. The Hall–Kier alpha value is -5.39. The van der Waals surface area contributed by atoms with E-state index < -0.39 is 121 Å². The molecule has 0 spiro atoms. The normalized spacial score (nSPS) is 15.6. The maximum atomic E-state index is 13.7. The number of thiol groups is 1. The van der Waals surface area contributed by atoms with E-state index in [1.165, 1.54) is 11.8 Å². The van der Waals surface area contributed by atoms with Gasteiger partial charge < -0.3 is 63.0 Å². The minimum atomic E-state index is -1.87. The highest BCUT2D eigenvalue weighted by atomic mass is 32.2. The number of carboxylic acids is 3. The quantitative estimate of drug-likeness (QED) is 0.0453. The lowest BCUT2D eigenvalue weighted by Gasteiger charge is -2.29. The number of nitrogens with two attached hydrogens (primary N) is 1. The summed E-state index contributed by atoms with van der Waals surface area (Å²) in [5.41, 5.74) is 7.16. The lowest BCUT2D eigenvalue weighted by molar-refractivity contribution is -0.142. The number of fused-ring (bicyclic) bond motifs is 1. The number of aliphatic hydroxyl groups is 1. The van der Waals surface area contributed by atoms with Crippen LogP contribution in [0, 0.1) is 5.92 Å². The molecule has 61 heavy (non-hydrogen) atoms. The fraction of sp³-hybridized carbons (Fsp3) is 0.553. The van der Waals surface area contributed by atoms with Crippen LogP contribution in [0.1, 0.15) is 58.4 Å². The molecule has 338 valence electrons. The second-order valence-corrected chi connectivity index (χ2v) is 15.7. The summed E-state index contributed by atoms with van der Waals surface area (Å²) in [4.78, 5) is 118. The van der Waals surface area contributed by atoms with Crippen LogP contribution < -0.4 is 37.6 Å². The SMILES string of the molecule is CC[C@H](C)[C@H](NC(=O)[C@H](CC(=O)O)NC(=O)[C@@H](NC(=O)[C@H](CCSC)NC(=O)[C@@H](N)CCC(=O)O)[C@@H](C)O)C(=O)N[C@@H](CS)C(=O)N[C@@H](Cc1c[nH]c2ccccc12)C(=O)O. The summed E-state index contributed by atoms with van der Waals surface area (Å²) in [6.45, 7) is 4.40. The Morgan fingerprint density at radius 1 is 0.738 bits per heavy atom. The highest BCUT2D eigenvalue weighted by molar-refractivity contribution is 7.98. The predicted molar refractivity (Wildman–Crippen MR) is 226 cm³/mol. The zero-order valence-electron chi connectivity index (χ0n) is 34.1. The molecule has 0 fully saturated rings. The second kappa shape index (κ2) is 25.4. The van der Waals surface area contributed by atoms with Gasteiger partial charge in [0, 0.05) is 35.7 Å². The Morgan fingerprint density at radius 2 is 1.30 bits per heavy atom. The molecule has 1 aromatic carbocycles. The molecule has 2 rings (SSSR count). The van der Waals surface area contributed by atoms with Crippen LogP contribution in [0.2, 0.25) is 0 Å². The number of carboxylic acid groups (broad SMARTS) is 3. The van der Waals surface area contributed by atoms with Crippen LogP contribution >= 0.6 is 24.4 Å². The molecular formula is C38H56N8O13S2. The van der Waals surface area contributed by atoms with Crippen LogP contribution in [-0.4, -0.2) is 145 Å². The average Bonchev–Trinajstić information content (AvgIpc) is 3.62. The standard InChI is InChI=1S/C38H56N8O13S2/c1-5-18(2)30(36(56)44-27(17-60)35(55)43-26(38(58)59)14-20-16-40-23-9-7-6-8-21(20)23)45-34(54)25(15-29(50)51)42-37(57)31(19(3)47)46-33(53)24(12-13-61-4)41-32(52)22(39)10-11-28(48)49/h6-9,16,18-19,22,24-27,30-31,40,47,60H,5,10-15,17,39H2,1-4H3,(H,41,52)(H,42,57)(H,43,55)(H,44,56)(H,45,54)(H,46,53)(H,48,49)(H,50,51)(H,58,59)/t18-,19+,22-,24-,25-,26-,27-,30-,31-/m0/s1. The van der Waals surface area contributed by atoms with Crippen LogP contribution in [0.25, 0.3) is 10.9 Å². The Balaban J connectivity index is 2.23. The number of hydrogen-bond acceptors (Lipinski definition) is 13. The Labute approximate surface area is 361 Å². The highest BCUT2D eigenvalue weighted by Crippen LogP contribution is 2.19. The van der Waals surface area contributed by atoms with Crippen LogP contribution in [0.5, 0.6) is 0 Å². The van der Waals surface area contributed by atoms with Crippen molar-refractivity contribution in [3.8, 4) is 0 Å². The molecule has 9 atom stereocenters. The van der Waals surface area contributed by atoms with E-state index in [2.05, 4.69) is 49.5 Å². The van der Waals surface area contributed by atoms with Gasteiger partial charge in [-0.3, -0.25) is 38.4 Å². The Kier molecular flexibility index (Phi) is 21.5. The summed E-state index contributed by atoms with van der Waals surface area (Å²) in [5, 5.41) is 53.9. The van der Waals surface area contributed by atoms with Gasteiger partial charge in [0.15, 0.2) is 0 Å². The minimum Gasteiger partial charge on any atom is -0.481 e. The van der Waals surface area contributed by atoms with Crippen molar-refractivity contribution in [3.05, 3.63) is 36.0 Å². The summed E-state index contributed by atoms with van der Waals surface area (Å²) in [6.07, 6.45) is 0.294. The van der Waals surface area contributed by atoms with E-state index in [-0.39, 0.29) is 31.4 Å². The Bertz CT molecular complexity index is 1880. The summed E-state index contributed by atoms with van der Waals surface area (Å²) >= 11 is 5.49. The van der Waals surface area contributed by atoms with Gasteiger partial charge in [-0.05, 0) is 49.3 Å². The predicted octanol–water partition coefficient (Wildman–Crippen LogP) is -1.52. The number of para-hydroxylation sites is 1. The van der Waals surface area contributed by atoms with Gasteiger partial charge in [0.05, 0.1) is 18.6 Å². The third-order valence-corrected chi connectivity index (χ3v) is 10.7. The first kappa shape index (κ1) is 51.8. The topological polar surface area (TPSA) is 349 Å². The largest absolute Gasteiger partial charge is 0.481 e. The van der Waals surface area contributed by atoms with Crippen molar-refractivity contribution in [2.24, 2.45) is 11.7 Å². The molecule has 0 unspecified atom stereocenters. The fourth-order valence-corrected chi connectivity index (χ4v) is 6.63. The lowest BCUT2D eigenvalue weighted by Crippen LogP contribution is -2.62. The molecule has 2 aromatic rings. The third kappa shape index (κ3) is 16.5. The molecule has 0 radical (unpaired) electrons. The van der Waals surface area contributed by atoms with Gasteiger partial charge in [0.1, 0.15) is 36.3 Å². The van der Waals surface area contributed by atoms with Crippen LogP contribution in [0.4, 0.5) is 0 Å². The van der Waals surface area contributed by atoms with Crippen LogP contribution in [-0.2, 0) is 49.6 Å². The molecule has 1 heterocycles. The molecule has 0 aliphatic heterocycles. The van der Waals surface area contributed by atoms with Crippen molar-refractivity contribution < 1.29 is 63.6 Å². The minimum absolute atomic E-state index is 0.0303. The van der Waals surface area contributed by atoms with Crippen molar-refractivity contribution in [3.63, 3.8) is 0 Å². The number of thioether (sulfide) groups is 1. The number of aromatic nitrogens is 1. The van der Waals surface area contributed by atoms with Crippen LogP contribution in [0.15, 0.2) is 30.5 Å². The van der Waals surface area contributed by atoms with E-state index in [1.54, 1.807) is 50.6 Å². The van der Waals surface area contributed by atoms with Gasteiger partial charge in [-0.1, -0.05) is 38.5 Å². The van der Waals surface area contributed by atoms with Crippen molar-refractivity contribution in [2.45, 2.75) is 108 Å². The van der Waals surface area contributed by atoms with E-state index in [9.17, 15) is 58.5 Å². The first-order valence-electron chi connectivity index (χ1n) is 19.3. The molecule has 0 aliphatic carbocycles. The molecule has 0 bridgehead atoms. The molecule has 0 saturated carbocycles. The zero-order valence-corrected chi connectivity index (χ0v) is 35.8. The highest BCUT2D eigenvalue weighted by Gasteiger charge is 2.37. The fourth-order valence-electron chi connectivity index (χ4n) is 5.90. The van der Waals surface area contributed by atoms with E-state index in [0.29, 0.717) is 11.3 Å². The number of aromatic amines is 1. The average molecular weight is 897 g/mol. The maximum Gasteiger partial charge on any atom is 0.326 e. The molecule has 6 amide bonds. The zero-order chi connectivity index (χ0) is 46.0. The number of aliphatic hydroxyl groups excluding tert-OH is 1. The van der Waals surface area contributed by atoms with Crippen LogP contribution in [0.3, 0.4) is 0 Å². The maximum absolute atomic E-state index is 13.7. The van der Waals surface area contributed by atoms with Crippen molar-refractivity contribution >= 4 is 88.6 Å². The summed E-state index contributed by atoms with van der Waals surface area (Å²) in [5.74, 6) is -10.6. The van der Waals surface area contributed by atoms with Gasteiger partial charge in [-0.25, -0.2) is 4.79 Å². The summed E-state index contributed by atoms with van der Waals surface area (Å²) in [7, 11) is 0.